The summed E-state index contributed by atoms with van der Waals surface area (Å²) in [6, 6.07) is 20.5. The van der Waals surface area contributed by atoms with E-state index in [0.29, 0.717) is 21.4 Å². The SMILES string of the molecule is COc1ccc(N=C2NC(=O)/C(=C\c3cn(CC(=O)Nc4ccc(F)cc4)c4ccccc34)S2)cc1. The summed E-state index contributed by atoms with van der Waals surface area (Å²) < 4.78 is 20.1. The summed E-state index contributed by atoms with van der Waals surface area (Å²) in [6.45, 7) is 0.0601. The van der Waals surface area contributed by atoms with Crippen molar-refractivity contribution in [3.05, 3.63) is 95.3 Å². The molecule has 180 valence electrons. The highest BCUT2D eigenvalue weighted by molar-refractivity contribution is 8.18. The van der Waals surface area contributed by atoms with E-state index in [0.717, 1.165) is 22.2 Å². The van der Waals surface area contributed by atoms with Crippen molar-refractivity contribution in [2.24, 2.45) is 4.99 Å². The van der Waals surface area contributed by atoms with E-state index in [1.807, 2.05) is 47.2 Å². The predicted octanol–water partition coefficient (Wildman–Crippen LogP) is 5.32. The largest absolute Gasteiger partial charge is 0.497 e. The van der Waals surface area contributed by atoms with E-state index in [9.17, 15) is 14.0 Å². The molecule has 0 spiro atoms. The highest BCUT2D eigenvalue weighted by Crippen LogP contribution is 2.31. The average molecular weight is 501 g/mol. The van der Waals surface area contributed by atoms with Crippen molar-refractivity contribution in [1.82, 2.24) is 9.88 Å². The molecule has 0 bridgehead atoms. The van der Waals surface area contributed by atoms with Crippen molar-refractivity contribution < 1.29 is 18.7 Å². The molecule has 5 rings (SSSR count). The second kappa shape index (κ2) is 10.1. The Kier molecular flexibility index (Phi) is 6.55. The first kappa shape index (κ1) is 23.4. The van der Waals surface area contributed by atoms with Crippen molar-refractivity contribution in [1.29, 1.82) is 0 Å². The van der Waals surface area contributed by atoms with Crippen molar-refractivity contribution in [2.45, 2.75) is 6.54 Å². The summed E-state index contributed by atoms with van der Waals surface area (Å²) in [5, 5.41) is 6.97. The van der Waals surface area contributed by atoms with Gasteiger partial charge in [0.1, 0.15) is 18.1 Å². The maximum atomic E-state index is 13.1. The maximum Gasteiger partial charge on any atom is 0.264 e. The normalized spacial score (nSPS) is 15.4. The number of carbonyl (C=O) groups is 2. The van der Waals surface area contributed by atoms with E-state index >= 15 is 0 Å². The lowest BCUT2D eigenvalue weighted by atomic mass is 10.1. The van der Waals surface area contributed by atoms with E-state index < -0.39 is 0 Å². The number of aromatic nitrogens is 1. The van der Waals surface area contributed by atoms with Gasteiger partial charge in [-0.3, -0.25) is 9.59 Å². The summed E-state index contributed by atoms with van der Waals surface area (Å²) in [5.74, 6) is -0.125. The van der Waals surface area contributed by atoms with Crippen LogP contribution in [0.5, 0.6) is 5.75 Å². The molecule has 7 nitrogen and oxygen atoms in total. The van der Waals surface area contributed by atoms with Crippen LogP contribution in [0.1, 0.15) is 5.56 Å². The number of hydrogen-bond acceptors (Lipinski definition) is 5. The zero-order valence-electron chi connectivity index (χ0n) is 19.2. The highest BCUT2D eigenvalue weighted by Gasteiger charge is 2.24. The molecule has 4 aromatic rings. The zero-order valence-corrected chi connectivity index (χ0v) is 20.0. The lowest BCUT2D eigenvalue weighted by Crippen LogP contribution is -2.19. The molecule has 0 radical (unpaired) electrons. The molecule has 2 N–H and O–H groups in total. The summed E-state index contributed by atoms with van der Waals surface area (Å²) >= 11 is 1.25. The number of thioether (sulfide) groups is 1. The third kappa shape index (κ3) is 5.16. The highest BCUT2D eigenvalue weighted by atomic mass is 32.2. The number of nitrogens with zero attached hydrogens (tertiary/aromatic N) is 2. The molecular formula is C27H21FN4O3S. The van der Waals surface area contributed by atoms with Crippen LogP contribution in [-0.4, -0.2) is 28.7 Å². The van der Waals surface area contributed by atoms with Gasteiger partial charge in [-0.2, -0.15) is 0 Å². The van der Waals surface area contributed by atoms with Gasteiger partial charge in [-0.25, -0.2) is 9.38 Å². The third-order valence-electron chi connectivity index (χ3n) is 5.50. The number of fused-ring (bicyclic) bond motifs is 1. The maximum absolute atomic E-state index is 13.1. The average Bonchev–Trinajstić information content (AvgIpc) is 3.40. The van der Waals surface area contributed by atoms with Crippen molar-refractivity contribution in [3.8, 4) is 5.75 Å². The van der Waals surface area contributed by atoms with Crippen molar-refractivity contribution in [3.63, 3.8) is 0 Å². The number of halogens is 1. The Bertz CT molecular complexity index is 1510. The molecule has 2 amide bonds. The van der Waals surface area contributed by atoms with Gasteiger partial charge in [0, 0.05) is 28.4 Å². The molecule has 36 heavy (non-hydrogen) atoms. The second-order valence-electron chi connectivity index (χ2n) is 7.96. The zero-order chi connectivity index (χ0) is 25.1. The Balaban J connectivity index is 1.37. The molecule has 0 atom stereocenters. The van der Waals surface area contributed by atoms with Gasteiger partial charge in [-0.1, -0.05) is 18.2 Å². The lowest BCUT2D eigenvalue weighted by molar-refractivity contribution is -0.117. The van der Waals surface area contributed by atoms with E-state index in [1.165, 1.54) is 36.0 Å². The van der Waals surface area contributed by atoms with Crippen LogP contribution >= 0.6 is 11.8 Å². The van der Waals surface area contributed by atoms with Crippen LogP contribution in [-0.2, 0) is 16.1 Å². The fraction of sp³-hybridized carbons (Fsp3) is 0.0741. The Labute approximate surface area is 210 Å². The summed E-state index contributed by atoms with van der Waals surface area (Å²) in [5.41, 5.74) is 2.88. The van der Waals surface area contributed by atoms with Crippen LogP contribution in [0.15, 0.2) is 88.9 Å². The van der Waals surface area contributed by atoms with E-state index in [2.05, 4.69) is 15.6 Å². The molecule has 9 heteroatoms. The standard InChI is InChI=1S/C27H21FN4O3S/c1-35-21-12-10-20(11-13-21)30-27-31-26(34)24(36-27)14-17-15-32(23-5-3-2-4-22(17)23)16-25(33)29-19-8-6-18(28)7-9-19/h2-15H,16H2,1H3,(H,29,33)(H,30,31,34)/b24-14+. The molecule has 1 aromatic heterocycles. The van der Waals surface area contributed by atoms with Gasteiger partial charge in [-0.05, 0) is 72.4 Å². The number of amidine groups is 1. The number of para-hydroxylation sites is 1. The molecular weight excluding hydrogens is 479 g/mol. The van der Waals surface area contributed by atoms with Gasteiger partial charge in [0.2, 0.25) is 5.91 Å². The van der Waals surface area contributed by atoms with Gasteiger partial charge in [0.05, 0.1) is 17.7 Å². The number of rotatable bonds is 6. The second-order valence-corrected chi connectivity index (χ2v) is 8.99. The third-order valence-corrected chi connectivity index (χ3v) is 6.41. The van der Waals surface area contributed by atoms with Crippen LogP contribution in [0.4, 0.5) is 15.8 Å². The van der Waals surface area contributed by atoms with Gasteiger partial charge in [-0.15, -0.1) is 0 Å². The van der Waals surface area contributed by atoms with Crippen molar-refractivity contribution in [2.75, 3.05) is 12.4 Å². The molecule has 2 heterocycles. The first-order chi connectivity index (χ1) is 17.5. The summed E-state index contributed by atoms with van der Waals surface area (Å²) in [4.78, 5) is 30.3. The van der Waals surface area contributed by atoms with E-state index in [-0.39, 0.29) is 24.2 Å². The van der Waals surface area contributed by atoms with Gasteiger partial charge >= 0.3 is 0 Å². The molecule has 1 aliphatic rings. The monoisotopic (exact) mass is 500 g/mol. The Hall–Kier alpha value is -4.37. The number of aliphatic imine (C=N–C) groups is 1. The summed E-state index contributed by atoms with van der Waals surface area (Å²) in [7, 11) is 1.60. The predicted molar refractivity (Wildman–Crippen MR) is 141 cm³/mol. The van der Waals surface area contributed by atoms with E-state index in [4.69, 9.17) is 4.74 Å². The van der Waals surface area contributed by atoms with Gasteiger partial charge in [0.25, 0.3) is 5.91 Å². The topological polar surface area (TPSA) is 84.7 Å². The lowest BCUT2D eigenvalue weighted by Gasteiger charge is -2.07. The minimum absolute atomic E-state index is 0.0601. The van der Waals surface area contributed by atoms with Crippen LogP contribution in [0, 0.1) is 5.82 Å². The van der Waals surface area contributed by atoms with Crippen molar-refractivity contribution >= 4 is 57.1 Å². The molecule has 1 aliphatic heterocycles. The molecule has 0 unspecified atom stereocenters. The Morgan fingerprint density at radius 3 is 2.61 bits per heavy atom. The minimum Gasteiger partial charge on any atom is -0.497 e. The number of hydrogen-bond donors (Lipinski definition) is 2. The quantitative estimate of drug-likeness (QED) is 0.351. The van der Waals surface area contributed by atoms with Gasteiger partial charge in [0.15, 0.2) is 5.17 Å². The van der Waals surface area contributed by atoms with Gasteiger partial charge < -0.3 is 19.9 Å². The molecule has 0 aliphatic carbocycles. The number of methoxy groups -OCH3 is 1. The summed E-state index contributed by atoms with van der Waals surface area (Å²) in [6.07, 6.45) is 3.64. The minimum atomic E-state index is -0.367. The first-order valence-corrected chi connectivity index (χ1v) is 11.9. The Morgan fingerprint density at radius 2 is 1.86 bits per heavy atom. The van der Waals surface area contributed by atoms with Crippen LogP contribution in [0.25, 0.3) is 17.0 Å². The molecule has 0 saturated carbocycles. The number of amides is 2. The molecule has 3 aromatic carbocycles. The number of nitrogens with one attached hydrogen (secondary N) is 2. The number of anilines is 1. The number of ether oxygens (including phenoxy) is 1. The molecule has 1 saturated heterocycles. The van der Waals surface area contributed by atoms with Crippen LogP contribution < -0.4 is 15.4 Å². The van der Waals surface area contributed by atoms with E-state index in [1.54, 1.807) is 25.3 Å². The fourth-order valence-corrected chi connectivity index (χ4v) is 4.64. The Morgan fingerprint density at radius 1 is 1.11 bits per heavy atom. The fourth-order valence-electron chi connectivity index (χ4n) is 3.81. The first-order valence-electron chi connectivity index (χ1n) is 11.1. The number of carbonyl (C=O) groups excluding carboxylic acids is 2. The molecule has 1 fully saturated rings. The number of benzene rings is 3. The van der Waals surface area contributed by atoms with Crippen LogP contribution in [0.3, 0.4) is 0 Å². The smallest absolute Gasteiger partial charge is 0.264 e. The van der Waals surface area contributed by atoms with Crippen LogP contribution in [0.2, 0.25) is 0 Å².